The quantitative estimate of drug-likeness (QED) is 0.905. The van der Waals surface area contributed by atoms with Gasteiger partial charge in [0.25, 0.3) is 0 Å². The van der Waals surface area contributed by atoms with Crippen LogP contribution >= 0.6 is 0 Å². The predicted molar refractivity (Wildman–Crippen MR) is 88.5 cm³/mol. The number of anilines is 1. The van der Waals surface area contributed by atoms with Crippen LogP contribution in [0.1, 0.15) is 20.3 Å². The van der Waals surface area contributed by atoms with Gasteiger partial charge in [0.05, 0.1) is 24.9 Å². The fourth-order valence-corrected chi connectivity index (χ4v) is 4.71. The molecule has 1 aromatic rings. The van der Waals surface area contributed by atoms with E-state index in [0.717, 1.165) is 6.42 Å². The monoisotopic (exact) mass is 340 g/mol. The van der Waals surface area contributed by atoms with Crippen LogP contribution in [-0.2, 0) is 14.8 Å². The smallest absolute Gasteiger partial charge is 0.246 e. The van der Waals surface area contributed by atoms with Crippen molar-refractivity contribution in [3.05, 3.63) is 18.2 Å². The lowest BCUT2D eigenvalue weighted by Crippen LogP contribution is -2.39. The summed E-state index contributed by atoms with van der Waals surface area (Å²) in [6.07, 6.45) is 0.750. The van der Waals surface area contributed by atoms with Crippen LogP contribution in [0.25, 0.3) is 0 Å². The Hall–Kier alpha value is -1.31. The van der Waals surface area contributed by atoms with E-state index in [1.165, 1.54) is 0 Å². The Balaban J connectivity index is 1.97. The number of ether oxygens (including phenoxy) is 2. The summed E-state index contributed by atoms with van der Waals surface area (Å²) < 4.78 is 39.8. The molecule has 2 aliphatic heterocycles. The normalized spacial score (nSPS) is 24.0. The lowest BCUT2D eigenvalue weighted by Gasteiger charge is -2.30. The fraction of sp³-hybridized carbons (Fsp3) is 0.625. The van der Waals surface area contributed by atoms with E-state index < -0.39 is 10.0 Å². The Bertz CT molecular complexity index is 654. The molecule has 2 aliphatic rings. The summed E-state index contributed by atoms with van der Waals surface area (Å²) in [6.45, 7) is 7.08. The molecule has 0 saturated carbocycles. The Morgan fingerprint density at radius 1 is 1.30 bits per heavy atom. The van der Waals surface area contributed by atoms with Gasteiger partial charge in [-0.1, -0.05) is 19.9 Å². The van der Waals surface area contributed by atoms with Gasteiger partial charge < -0.3 is 14.4 Å². The number of nitrogens with one attached hydrogen (secondary N) is 1. The molecule has 0 bridgehead atoms. The number of hydrogen-bond donors (Lipinski definition) is 1. The van der Waals surface area contributed by atoms with E-state index in [2.05, 4.69) is 18.6 Å². The Morgan fingerprint density at radius 3 is 2.74 bits per heavy atom. The van der Waals surface area contributed by atoms with Crippen LogP contribution in [0.5, 0.6) is 5.75 Å². The molecule has 0 unspecified atom stereocenters. The van der Waals surface area contributed by atoms with Crippen molar-refractivity contribution in [3.8, 4) is 5.75 Å². The number of benzene rings is 1. The molecule has 0 amide bonds. The third-order valence-electron chi connectivity index (χ3n) is 4.10. The van der Waals surface area contributed by atoms with Gasteiger partial charge in [-0.3, -0.25) is 0 Å². The summed E-state index contributed by atoms with van der Waals surface area (Å²) in [5.74, 6) is 0.832. The molecule has 1 atom stereocenters. The lowest BCUT2D eigenvalue weighted by atomic mass is 10.1. The molecule has 0 radical (unpaired) electrons. The molecular weight excluding hydrogens is 316 g/mol. The Kier molecular flexibility index (Phi) is 4.79. The number of hydrogen-bond acceptors (Lipinski definition) is 5. The minimum atomic E-state index is -3.61. The molecule has 1 aromatic carbocycles. The average Bonchev–Trinajstić information content (AvgIpc) is 2.64. The largest absolute Gasteiger partial charge is 0.490 e. The molecule has 3 rings (SSSR count). The molecule has 1 saturated heterocycles. The predicted octanol–water partition coefficient (Wildman–Crippen LogP) is 1.61. The SMILES string of the molecule is CC(C)C[C@H]1COc2cccc(N3CCOCC3)c2S(=O)(=O)N1. The van der Waals surface area contributed by atoms with Gasteiger partial charge in [0.15, 0.2) is 0 Å². The second kappa shape index (κ2) is 6.67. The number of morpholine rings is 1. The highest BCUT2D eigenvalue weighted by Gasteiger charge is 2.32. The van der Waals surface area contributed by atoms with Crippen molar-refractivity contribution in [2.45, 2.75) is 31.2 Å². The van der Waals surface area contributed by atoms with E-state index in [1.54, 1.807) is 6.07 Å². The van der Waals surface area contributed by atoms with Crippen molar-refractivity contribution in [3.63, 3.8) is 0 Å². The minimum absolute atomic E-state index is 0.204. The molecule has 2 heterocycles. The van der Waals surface area contributed by atoms with Gasteiger partial charge in [-0.2, -0.15) is 0 Å². The molecule has 6 nitrogen and oxygen atoms in total. The summed E-state index contributed by atoms with van der Waals surface area (Å²) in [5.41, 5.74) is 0.698. The first kappa shape index (κ1) is 16.5. The van der Waals surface area contributed by atoms with Crippen molar-refractivity contribution >= 4 is 15.7 Å². The van der Waals surface area contributed by atoms with E-state index in [9.17, 15) is 8.42 Å². The van der Waals surface area contributed by atoms with E-state index in [0.29, 0.717) is 50.3 Å². The molecule has 1 fully saturated rings. The van der Waals surface area contributed by atoms with Gasteiger partial charge in [0.1, 0.15) is 17.3 Å². The summed E-state index contributed by atoms with van der Waals surface area (Å²) >= 11 is 0. The summed E-state index contributed by atoms with van der Waals surface area (Å²) in [7, 11) is -3.61. The third-order valence-corrected chi connectivity index (χ3v) is 5.69. The van der Waals surface area contributed by atoms with E-state index in [1.807, 2.05) is 17.0 Å². The standard InChI is InChI=1S/C16H24N2O4S/c1-12(2)10-13-11-22-15-5-3-4-14(16(15)23(19,20)17-13)18-6-8-21-9-7-18/h3-5,12-13,17H,6-11H2,1-2H3/t13-/m0/s1. The van der Waals surface area contributed by atoms with Crippen molar-refractivity contribution in [1.29, 1.82) is 0 Å². The number of rotatable bonds is 3. The molecule has 0 aliphatic carbocycles. The van der Waals surface area contributed by atoms with Crippen LogP contribution in [0.2, 0.25) is 0 Å². The topological polar surface area (TPSA) is 67.9 Å². The summed E-state index contributed by atoms with van der Waals surface area (Å²) in [4.78, 5) is 2.31. The zero-order chi connectivity index (χ0) is 16.4. The van der Waals surface area contributed by atoms with Crippen LogP contribution in [0, 0.1) is 5.92 Å². The van der Waals surface area contributed by atoms with Gasteiger partial charge in [-0.25, -0.2) is 13.1 Å². The Morgan fingerprint density at radius 2 is 2.04 bits per heavy atom. The second-order valence-corrected chi connectivity index (χ2v) is 8.11. The Labute approximate surface area is 137 Å². The first-order valence-corrected chi connectivity index (χ1v) is 9.56. The maximum Gasteiger partial charge on any atom is 0.246 e. The van der Waals surface area contributed by atoms with Crippen molar-refractivity contribution in [1.82, 2.24) is 4.72 Å². The second-order valence-electron chi connectivity index (χ2n) is 6.46. The highest BCUT2D eigenvalue weighted by atomic mass is 32.2. The third kappa shape index (κ3) is 3.62. The maximum atomic E-state index is 12.9. The van der Waals surface area contributed by atoms with Gasteiger partial charge >= 0.3 is 0 Å². The molecule has 0 spiro atoms. The number of sulfonamides is 1. The first-order valence-electron chi connectivity index (χ1n) is 8.08. The average molecular weight is 340 g/mol. The zero-order valence-corrected chi connectivity index (χ0v) is 14.4. The number of fused-ring (bicyclic) bond motifs is 1. The molecule has 1 N–H and O–H groups in total. The van der Waals surface area contributed by atoms with E-state index >= 15 is 0 Å². The van der Waals surface area contributed by atoms with Crippen LogP contribution in [0.3, 0.4) is 0 Å². The fourth-order valence-electron chi connectivity index (χ4n) is 3.13. The molecule has 7 heteroatoms. The minimum Gasteiger partial charge on any atom is -0.490 e. The van der Waals surface area contributed by atoms with E-state index in [4.69, 9.17) is 9.47 Å². The zero-order valence-electron chi connectivity index (χ0n) is 13.6. The number of nitrogens with zero attached hydrogens (tertiary/aromatic N) is 1. The lowest BCUT2D eigenvalue weighted by molar-refractivity contribution is 0.122. The molecule has 128 valence electrons. The van der Waals surface area contributed by atoms with Crippen LogP contribution < -0.4 is 14.4 Å². The van der Waals surface area contributed by atoms with E-state index in [-0.39, 0.29) is 10.9 Å². The van der Waals surface area contributed by atoms with Crippen molar-refractivity contribution in [2.75, 3.05) is 37.8 Å². The summed E-state index contributed by atoms with van der Waals surface area (Å²) in [6, 6.07) is 5.22. The maximum absolute atomic E-state index is 12.9. The van der Waals surface area contributed by atoms with Gasteiger partial charge in [0.2, 0.25) is 10.0 Å². The molecule has 23 heavy (non-hydrogen) atoms. The van der Waals surface area contributed by atoms with Gasteiger partial charge in [0, 0.05) is 13.1 Å². The highest BCUT2D eigenvalue weighted by Crippen LogP contribution is 2.36. The van der Waals surface area contributed by atoms with Crippen LogP contribution in [0.15, 0.2) is 23.1 Å². The first-order chi connectivity index (χ1) is 11.0. The van der Waals surface area contributed by atoms with Crippen molar-refractivity contribution in [2.24, 2.45) is 5.92 Å². The molecule has 0 aromatic heterocycles. The van der Waals surface area contributed by atoms with Gasteiger partial charge in [-0.05, 0) is 24.5 Å². The van der Waals surface area contributed by atoms with Crippen LogP contribution in [0.4, 0.5) is 5.69 Å². The van der Waals surface area contributed by atoms with Crippen molar-refractivity contribution < 1.29 is 17.9 Å². The van der Waals surface area contributed by atoms with Gasteiger partial charge in [-0.15, -0.1) is 0 Å². The highest BCUT2D eigenvalue weighted by molar-refractivity contribution is 7.89. The molecular formula is C16H24N2O4S. The van der Waals surface area contributed by atoms with Crippen LogP contribution in [-0.4, -0.2) is 47.4 Å². The summed E-state index contributed by atoms with van der Waals surface area (Å²) in [5, 5.41) is 0.